The number of rotatable bonds is 2. The first-order valence-corrected chi connectivity index (χ1v) is 5.52. The van der Waals surface area contributed by atoms with Crippen molar-refractivity contribution in [2.24, 2.45) is 5.92 Å². The van der Waals surface area contributed by atoms with Gasteiger partial charge in [-0.15, -0.1) is 0 Å². The largest absolute Gasteiger partial charge is 0.393 e. The van der Waals surface area contributed by atoms with Gasteiger partial charge in [-0.25, -0.2) is 4.79 Å². The zero-order valence-electron chi connectivity index (χ0n) is 9.22. The summed E-state index contributed by atoms with van der Waals surface area (Å²) < 4.78 is 1.34. The minimum absolute atomic E-state index is 0.0665. The molecule has 0 aromatic carbocycles. The Hall–Kier alpha value is -1.87. The lowest BCUT2D eigenvalue weighted by molar-refractivity contribution is 0.176. The van der Waals surface area contributed by atoms with Gasteiger partial charge in [-0.3, -0.25) is 14.3 Å². The van der Waals surface area contributed by atoms with Crippen LogP contribution in [0.1, 0.15) is 24.8 Å². The van der Waals surface area contributed by atoms with Crippen molar-refractivity contribution >= 4 is 0 Å². The minimum atomic E-state index is -0.653. The third-order valence-electron chi connectivity index (χ3n) is 3.10. The summed E-state index contributed by atoms with van der Waals surface area (Å²) in [6.45, 7) is 0.432. The molecule has 0 bridgehead atoms. The number of nitrogens with zero attached hydrogens (tertiary/aromatic N) is 2. The SMILES string of the molecule is N#Cc1cn(CC2CCC(O)C2)c(=O)[nH]c1=O. The number of H-pyrrole nitrogens is 1. The monoisotopic (exact) mass is 235 g/mol. The summed E-state index contributed by atoms with van der Waals surface area (Å²) in [5, 5.41) is 18.1. The van der Waals surface area contributed by atoms with Crippen LogP contribution in [-0.2, 0) is 6.54 Å². The smallest absolute Gasteiger partial charge is 0.328 e. The van der Waals surface area contributed by atoms with E-state index in [0.717, 1.165) is 12.8 Å². The highest BCUT2D eigenvalue weighted by atomic mass is 16.3. The molecule has 1 saturated carbocycles. The van der Waals surface area contributed by atoms with Crippen LogP contribution in [0.25, 0.3) is 0 Å². The van der Waals surface area contributed by atoms with E-state index in [1.807, 2.05) is 0 Å². The maximum Gasteiger partial charge on any atom is 0.328 e. The van der Waals surface area contributed by atoms with Gasteiger partial charge in [0.2, 0.25) is 0 Å². The van der Waals surface area contributed by atoms with Crippen molar-refractivity contribution < 1.29 is 5.11 Å². The van der Waals surface area contributed by atoms with Crippen LogP contribution < -0.4 is 11.2 Å². The van der Waals surface area contributed by atoms with Crippen molar-refractivity contribution in [2.45, 2.75) is 31.9 Å². The molecule has 2 N–H and O–H groups in total. The van der Waals surface area contributed by atoms with Crippen LogP contribution in [0.15, 0.2) is 15.8 Å². The molecular weight excluding hydrogens is 222 g/mol. The third kappa shape index (κ3) is 2.45. The van der Waals surface area contributed by atoms with E-state index in [0.29, 0.717) is 13.0 Å². The van der Waals surface area contributed by atoms with Crippen LogP contribution >= 0.6 is 0 Å². The molecule has 1 aromatic rings. The first-order valence-electron chi connectivity index (χ1n) is 5.52. The Labute approximate surface area is 97.1 Å². The van der Waals surface area contributed by atoms with E-state index in [-0.39, 0.29) is 17.6 Å². The van der Waals surface area contributed by atoms with Crippen LogP contribution in [0.5, 0.6) is 0 Å². The predicted octanol–water partition coefficient (Wildman–Crippen LogP) is -0.431. The van der Waals surface area contributed by atoms with Crippen LogP contribution in [0, 0.1) is 17.2 Å². The van der Waals surface area contributed by atoms with Gasteiger partial charge >= 0.3 is 5.69 Å². The number of hydrogen-bond acceptors (Lipinski definition) is 4. The first-order chi connectivity index (χ1) is 8.10. The highest BCUT2D eigenvalue weighted by Crippen LogP contribution is 2.26. The molecular formula is C11H13N3O3. The molecule has 17 heavy (non-hydrogen) atoms. The van der Waals surface area contributed by atoms with E-state index in [2.05, 4.69) is 4.98 Å². The fourth-order valence-electron chi connectivity index (χ4n) is 2.22. The molecule has 6 nitrogen and oxygen atoms in total. The number of hydrogen-bond donors (Lipinski definition) is 2. The van der Waals surface area contributed by atoms with Crippen molar-refractivity contribution in [3.63, 3.8) is 0 Å². The van der Waals surface area contributed by atoms with Crippen LogP contribution in [0.3, 0.4) is 0 Å². The number of aromatic nitrogens is 2. The number of aromatic amines is 1. The summed E-state index contributed by atoms with van der Waals surface area (Å²) in [6.07, 6.45) is 3.25. The quantitative estimate of drug-likeness (QED) is 0.726. The van der Waals surface area contributed by atoms with Crippen molar-refractivity contribution in [1.82, 2.24) is 9.55 Å². The number of nitrogens with one attached hydrogen (secondary N) is 1. The highest BCUT2D eigenvalue weighted by molar-refractivity contribution is 5.21. The van der Waals surface area contributed by atoms with Crippen LogP contribution in [-0.4, -0.2) is 20.8 Å². The van der Waals surface area contributed by atoms with E-state index in [1.54, 1.807) is 6.07 Å². The van der Waals surface area contributed by atoms with Gasteiger partial charge in [0, 0.05) is 12.7 Å². The standard InChI is InChI=1S/C11H13N3O3/c12-4-8-6-14(11(17)13-10(8)16)5-7-1-2-9(15)3-7/h6-7,9,15H,1-3,5H2,(H,13,16,17). The molecule has 0 amide bonds. The maximum atomic E-state index is 11.5. The topological polar surface area (TPSA) is 98.9 Å². The van der Waals surface area contributed by atoms with Gasteiger partial charge in [-0.05, 0) is 25.2 Å². The molecule has 0 radical (unpaired) electrons. The fraction of sp³-hybridized carbons (Fsp3) is 0.545. The van der Waals surface area contributed by atoms with Gasteiger partial charge in [-0.1, -0.05) is 0 Å². The lowest BCUT2D eigenvalue weighted by Crippen LogP contribution is -2.32. The van der Waals surface area contributed by atoms with E-state index in [9.17, 15) is 14.7 Å². The Balaban J connectivity index is 2.25. The average Bonchev–Trinajstić information content (AvgIpc) is 2.68. The van der Waals surface area contributed by atoms with Crippen molar-refractivity contribution in [3.8, 4) is 6.07 Å². The molecule has 1 heterocycles. The van der Waals surface area contributed by atoms with Crippen molar-refractivity contribution in [3.05, 3.63) is 32.6 Å². The molecule has 2 rings (SSSR count). The normalized spacial score (nSPS) is 23.5. The molecule has 6 heteroatoms. The second-order valence-corrected chi connectivity index (χ2v) is 4.40. The lowest BCUT2D eigenvalue weighted by Gasteiger charge is -2.11. The number of aliphatic hydroxyl groups is 1. The average molecular weight is 235 g/mol. The van der Waals surface area contributed by atoms with Crippen LogP contribution in [0.4, 0.5) is 0 Å². The van der Waals surface area contributed by atoms with E-state index in [4.69, 9.17) is 5.26 Å². The minimum Gasteiger partial charge on any atom is -0.393 e. The zero-order chi connectivity index (χ0) is 12.4. The Kier molecular flexibility index (Phi) is 3.11. The number of aliphatic hydroxyl groups excluding tert-OH is 1. The second kappa shape index (κ2) is 4.55. The van der Waals surface area contributed by atoms with Gasteiger partial charge in [0.1, 0.15) is 11.6 Å². The summed E-state index contributed by atoms with van der Waals surface area (Å²) in [5.74, 6) is 0.222. The fourth-order valence-corrected chi connectivity index (χ4v) is 2.22. The molecule has 0 aliphatic heterocycles. The Morgan fingerprint density at radius 2 is 2.29 bits per heavy atom. The zero-order valence-corrected chi connectivity index (χ0v) is 9.22. The van der Waals surface area contributed by atoms with Gasteiger partial charge < -0.3 is 5.11 Å². The highest BCUT2D eigenvalue weighted by Gasteiger charge is 2.23. The van der Waals surface area contributed by atoms with Crippen molar-refractivity contribution in [2.75, 3.05) is 0 Å². The molecule has 1 aliphatic carbocycles. The molecule has 1 fully saturated rings. The van der Waals surface area contributed by atoms with Gasteiger partial charge in [-0.2, -0.15) is 5.26 Å². The van der Waals surface area contributed by atoms with E-state index in [1.165, 1.54) is 10.8 Å². The first kappa shape index (κ1) is 11.6. The Morgan fingerprint density at radius 3 is 2.88 bits per heavy atom. The Morgan fingerprint density at radius 1 is 1.53 bits per heavy atom. The second-order valence-electron chi connectivity index (χ2n) is 4.40. The molecule has 1 aliphatic rings. The maximum absolute atomic E-state index is 11.5. The third-order valence-corrected chi connectivity index (χ3v) is 3.10. The lowest BCUT2D eigenvalue weighted by atomic mass is 10.1. The molecule has 0 spiro atoms. The van der Waals surface area contributed by atoms with Gasteiger partial charge in [0.25, 0.3) is 5.56 Å². The Bertz CT molecular complexity index is 567. The summed E-state index contributed by atoms with van der Waals surface area (Å²) in [4.78, 5) is 24.8. The summed E-state index contributed by atoms with van der Waals surface area (Å²) in [7, 11) is 0. The predicted molar refractivity (Wildman–Crippen MR) is 59.4 cm³/mol. The van der Waals surface area contributed by atoms with Gasteiger partial charge in [0.15, 0.2) is 0 Å². The molecule has 90 valence electrons. The summed E-state index contributed by atoms with van der Waals surface area (Å²) in [5.41, 5.74) is -1.22. The van der Waals surface area contributed by atoms with E-state index < -0.39 is 11.2 Å². The van der Waals surface area contributed by atoms with Gasteiger partial charge in [0.05, 0.1) is 6.10 Å². The van der Waals surface area contributed by atoms with Crippen molar-refractivity contribution in [1.29, 1.82) is 5.26 Å². The van der Waals surface area contributed by atoms with E-state index >= 15 is 0 Å². The molecule has 1 aromatic heterocycles. The molecule has 2 atom stereocenters. The molecule has 2 unspecified atom stereocenters. The summed E-state index contributed by atoms with van der Waals surface area (Å²) in [6, 6.07) is 1.74. The summed E-state index contributed by atoms with van der Waals surface area (Å²) >= 11 is 0. The molecule has 0 saturated heterocycles. The number of nitriles is 1. The van der Waals surface area contributed by atoms with Crippen LogP contribution in [0.2, 0.25) is 0 Å².